The lowest BCUT2D eigenvalue weighted by molar-refractivity contribution is 0.169. The van der Waals surface area contributed by atoms with Gasteiger partial charge in [-0.05, 0) is 30.5 Å². The molecule has 1 aromatic heterocycles. The van der Waals surface area contributed by atoms with E-state index in [4.69, 9.17) is 0 Å². The van der Waals surface area contributed by atoms with Crippen molar-refractivity contribution in [2.75, 3.05) is 50.7 Å². The SMILES string of the molecule is CC1(CN2CCN(c3cccnn3)CC2)CCNC1.Cl. The van der Waals surface area contributed by atoms with Crippen LogP contribution in [0.15, 0.2) is 18.3 Å². The Morgan fingerprint density at radius 3 is 2.70 bits per heavy atom. The second kappa shape index (κ2) is 6.70. The average molecular weight is 298 g/mol. The van der Waals surface area contributed by atoms with Gasteiger partial charge in [-0.3, -0.25) is 4.90 Å². The highest BCUT2D eigenvalue weighted by Gasteiger charge is 2.31. The molecular formula is C14H24ClN5. The van der Waals surface area contributed by atoms with Gasteiger partial charge in [0.05, 0.1) is 0 Å². The number of piperazine rings is 1. The lowest BCUT2D eigenvalue weighted by Gasteiger charge is -2.38. The molecule has 2 saturated heterocycles. The fraction of sp³-hybridized carbons (Fsp3) is 0.714. The number of anilines is 1. The second-order valence-corrected chi connectivity index (χ2v) is 6.08. The van der Waals surface area contributed by atoms with Crippen molar-refractivity contribution in [3.05, 3.63) is 18.3 Å². The first kappa shape index (κ1) is 15.5. The van der Waals surface area contributed by atoms with Crippen molar-refractivity contribution >= 4 is 18.2 Å². The second-order valence-electron chi connectivity index (χ2n) is 6.08. The Morgan fingerprint density at radius 1 is 1.30 bits per heavy atom. The van der Waals surface area contributed by atoms with E-state index in [0.29, 0.717) is 5.41 Å². The summed E-state index contributed by atoms with van der Waals surface area (Å²) in [6.45, 7) is 10.3. The minimum absolute atomic E-state index is 0. The van der Waals surface area contributed by atoms with Crippen molar-refractivity contribution in [3.63, 3.8) is 0 Å². The molecule has 1 aromatic rings. The molecule has 1 unspecified atom stereocenters. The molecule has 0 saturated carbocycles. The molecule has 6 heteroatoms. The summed E-state index contributed by atoms with van der Waals surface area (Å²) in [5, 5.41) is 11.6. The number of hydrogen-bond acceptors (Lipinski definition) is 5. The van der Waals surface area contributed by atoms with Crippen LogP contribution in [0.3, 0.4) is 0 Å². The lowest BCUT2D eigenvalue weighted by atomic mass is 9.89. The van der Waals surface area contributed by atoms with E-state index in [1.807, 2.05) is 12.1 Å². The van der Waals surface area contributed by atoms with Gasteiger partial charge >= 0.3 is 0 Å². The van der Waals surface area contributed by atoms with Crippen LogP contribution in [-0.2, 0) is 0 Å². The molecule has 1 atom stereocenters. The standard InChI is InChI=1S/C14H23N5.ClH/c1-14(4-6-15-11-14)12-18-7-9-19(10-8-18)13-3-2-5-16-17-13;/h2-3,5,15H,4,6-12H2,1H3;1H. The quantitative estimate of drug-likeness (QED) is 0.902. The number of aromatic nitrogens is 2. The Bertz CT molecular complexity index is 399. The van der Waals surface area contributed by atoms with Crippen LogP contribution in [0.4, 0.5) is 5.82 Å². The topological polar surface area (TPSA) is 44.3 Å². The first-order valence-corrected chi connectivity index (χ1v) is 7.21. The summed E-state index contributed by atoms with van der Waals surface area (Å²) in [6, 6.07) is 4.00. The predicted octanol–water partition coefficient (Wildman–Crippen LogP) is 1.02. The number of nitrogens with zero attached hydrogens (tertiary/aromatic N) is 4. The smallest absolute Gasteiger partial charge is 0.151 e. The highest BCUT2D eigenvalue weighted by atomic mass is 35.5. The Kier molecular flexibility index (Phi) is 5.18. The van der Waals surface area contributed by atoms with Crippen molar-refractivity contribution in [3.8, 4) is 0 Å². The molecule has 0 spiro atoms. The van der Waals surface area contributed by atoms with Crippen molar-refractivity contribution < 1.29 is 0 Å². The fourth-order valence-electron chi connectivity index (χ4n) is 3.14. The van der Waals surface area contributed by atoms with Gasteiger partial charge < -0.3 is 10.2 Å². The van der Waals surface area contributed by atoms with Gasteiger partial charge in [0.15, 0.2) is 5.82 Å². The van der Waals surface area contributed by atoms with Gasteiger partial charge in [0.1, 0.15) is 0 Å². The van der Waals surface area contributed by atoms with Gasteiger partial charge in [-0.2, -0.15) is 5.10 Å². The van der Waals surface area contributed by atoms with Crippen LogP contribution in [0.25, 0.3) is 0 Å². The molecule has 2 aliphatic rings. The minimum atomic E-state index is 0. The van der Waals surface area contributed by atoms with Crippen LogP contribution in [0.2, 0.25) is 0 Å². The molecule has 20 heavy (non-hydrogen) atoms. The summed E-state index contributed by atoms with van der Waals surface area (Å²) < 4.78 is 0. The molecule has 112 valence electrons. The minimum Gasteiger partial charge on any atom is -0.353 e. The van der Waals surface area contributed by atoms with Crippen LogP contribution in [0.1, 0.15) is 13.3 Å². The number of nitrogens with one attached hydrogen (secondary N) is 1. The van der Waals surface area contributed by atoms with Crippen LogP contribution in [0.5, 0.6) is 0 Å². The Balaban J connectivity index is 0.00000147. The molecule has 5 nitrogen and oxygen atoms in total. The van der Waals surface area contributed by atoms with Crippen molar-refractivity contribution in [1.82, 2.24) is 20.4 Å². The van der Waals surface area contributed by atoms with Gasteiger partial charge in [0.2, 0.25) is 0 Å². The van der Waals surface area contributed by atoms with E-state index in [1.54, 1.807) is 6.20 Å². The number of halogens is 1. The molecule has 0 aliphatic carbocycles. The summed E-state index contributed by atoms with van der Waals surface area (Å²) in [5.41, 5.74) is 0.467. The maximum Gasteiger partial charge on any atom is 0.151 e. The largest absolute Gasteiger partial charge is 0.353 e. The molecule has 3 heterocycles. The van der Waals surface area contributed by atoms with Crippen LogP contribution >= 0.6 is 12.4 Å². The summed E-state index contributed by atoms with van der Waals surface area (Å²) >= 11 is 0. The Hall–Kier alpha value is -0.910. The number of hydrogen-bond donors (Lipinski definition) is 1. The van der Waals surface area contributed by atoms with E-state index >= 15 is 0 Å². The fourth-order valence-corrected chi connectivity index (χ4v) is 3.14. The first-order valence-electron chi connectivity index (χ1n) is 7.21. The summed E-state index contributed by atoms with van der Waals surface area (Å²) in [4.78, 5) is 4.93. The van der Waals surface area contributed by atoms with E-state index < -0.39 is 0 Å². The summed E-state index contributed by atoms with van der Waals surface area (Å²) in [7, 11) is 0. The predicted molar refractivity (Wildman–Crippen MR) is 83.5 cm³/mol. The highest BCUT2D eigenvalue weighted by Crippen LogP contribution is 2.26. The zero-order valence-corrected chi connectivity index (χ0v) is 12.9. The Morgan fingerprint density at radius 2 is 2.10 bits per heavy atom. The summed E-state index contributed by atoms with van der Waals surface area (Å²) in [6.07, 6.45) is 3.03. The van der Waals surface area contributed by atoms with Crippen LogP contribution in [0, 0.1) is 5.41 Å². The lowest BCUT2D eigenvalue weighted by Crippen LogP contribution is -2.50. The molecule has 0 aromatic carbocycles. The normalized spacial score (nSPS) is 27.4. The first-order chi connectivity index (χ1) is 9.25. The maximum atomic E-state index is 4.19. The van der Waals surface area contributed by atoms with Crippen LogP contribution < -0.4 is 10.2 Å². The van der Waals surface area contributed by atoms with E-state index in [0.717, 1.165) is 38.5 Å². The monoisotopic (exact) mass is 297 g/mol. The van der Waals surface area contributed by atoms with Crippen molar-refractivity contribution in [1.29, 1.82) is 0 Å². The van der Waals surface area contributed by atoms with Gasteiger partial charge in [-0.15, -0.1) is 17.5 Å². The average Bonchev–Trinajstić information content (AvgIpc) is 2.87. The van der Waals surface area contributed by atoms with Gasteiger partial charge in [-0.1, -0.05) is 6.92 Å². The zero-order valence-electron chi connectivity index (χ0n) is 12.1. The zero-order chi connectivity index (χ0) is 13.1. The number of rotatable bonds is 3. The molecule has 0 bridgehead atoms. The van der Waals surface area contributed by atoms with Crippen LogP contribution in [-0.4, -0.2) is 60.9 Å². The van der Waals surface area contributed by atoms with E-state index in [-0.39, 0.29) is 12.4 Å². The summed E-state index contributed by atoms with van der Waals surface area (Å²) in [5.74, 6) is 1.01. The van der Waals surface area contributed by atoms with E-state index in [9.17, 15) is 0 Å². The molecule has 0 radical (unpaired) electrons. The highest BCUT2D eigenvalue weighted by molar-refractivity contribution is 5.85. The van der Waals surface area contributed by atoms with Crippen molar-refractivity contribution in [2.45, 2.75) is 13.3 Å². The van der Waals surface area contributed by atoms with Gasteiger partial charge in [-0.25, -0.2) is 0 Å². The third kappa shape index (κ3) is 3.59. The molecule has 2 fully saturated rings. The van der Waals surface area contributed by atoms with E-state index in [1.165, 1.54) is 19.5 Å². The van der Waals surface area contributed by atoms with E-state index in [2.05, 4.69) is 32.2 Å². The van der Waals surface area contributed by atoms with Gasteiger partial charge in [0, 0.05) is 45.5 Å². The molecule has 2 aliphatic heterocycles. The maximum absolute atomic E-state index is 4.19. The van der Waals surface area contributed by atoms with Crippen molar-refractivity contribution in [2.24, 2.45) is 5.41 Å². The van der Waals surface area contributed by atoms with Gasteiger partial charge in [0.25, 0.3) is 0 Å². The third-order valence-electron chi connectivity index (χ3n) is 4.32. The third-order valence-corrected chi connectivity index (χ3v) is 4.32. The Labute approximate surface area is 127 Å². The molecule has 1 N–H and O–H groups in total. The molecular weight excluding hydrogens is 274 g/mol. The molecule has 0 amide bonds. The molecule has 3 rings (SSSR count).